The van der Waals surface area contributed by atoms with E-state index in [0.29, 0.717) is 19.7 Å². The number of allylic oxidation sites excluding steroid dienone is 1. The number of ether oxygens (including phenoxy) is 1. The van der Waals surface area contributed by atoms with Gasteiger partial charge in [-0.2, -0.15) is 0 Å². The number of amides is 1. The maximum Gasteiger partial charge on any atom is 0.307 e. The molecule has 1 heterocycles. The van der Waals surface area contributed by atoms with Crippen LogP contribution in [-0.2, 0) is 14.3 Å². The minimum atomic E-state index is -0.817. The van der Waals surface area contributed by atoms with Crippen molar-refractivity contribution in [3.8, 4) is 0 Å². The number of carboxylic acid groups (broad SMARTS) is 1. The molecule has 1 amide bonds. The summed E-state index contributed by atoms with van der Waals surface area (Å²) in [4.78, 5) is 25.6. The monoisotopic (exact) mass is 323 g/mol. The number of nitrogens with zero attached hydrogens (tertiary/aromatic N) is 1. The summed E-state index contributed by atoms with van der Waals surface area (Å²) in [5.74, 6) is -1.20. The average Bonchev–Trinajstić information content (AvgIpc) is 2.51. The SMILES string of the molecule is C=CCCCOC1CN(C(=O)C[C@H](C(=O)O)C2CCCCC2)C1. The van der Waals surface area contributed by atoms with Crippen LogP contribution in [0.1, 0.15) is 51.4 Å². The lowest BCUT2D eigenvalue weighted by molar-refractivity contribution is -0.153. The van der Waals surface area contributed by atoms with Crippen LogP contribution in [0.5, 0.6) is 0 Å². The molecule has 0 unspecified atom stereocenters. The summed E-state index contributed by atoms with van der Waals surface area (Å²) in [7, 11) is 0. The number of rotatable bonds is 9. The Morgan fingerprint density at radius 2 is 1.96 bits per heavy atom. The quantitative estimate of drug-likeness (QED) is 0.523. The first-order chi connectivity index (χ1) is 11.1. The Hall–Kier alpha value is -1.36. The molecule has 1 saturated heterocycles. The smallest absolute Gasteiger partial charge is 0.307 e. The Morgan fingerprint density at radius 3 is 2.57 bits per heavy atom. The highest BCUT2D eigenvalue weighted by molar-refractivity contribution is 5.83. The van der Waals surface area contributed by atoms with Gasteiger partial charge in [0.25, 0.3) is 0 Å². The minimum Gasteiger partial charge on any atom is -0.481 e. The summed E-state index contributed by atoms with van der Waals surface area (Å²) in [6.45, 7) is 5.57. The Labute approximate surface area is 138 Å². The van der Waals surface area contributed by atoms with Crippen molar-refractivity contribution >= 4 is 11.9 Å². The Morgan fingerprint density at radius 1 is 1.26 bits per heavy atom. The van der Waals surface area contributed by atoms with E-state index in [1.807, 2.05) is 6.08 Å². The highest BCUT2D eigenvalue weighted by atomic mass is 16.5. The van der Waals surface area contributed by atoms with E-state index in [4.69, 9.17) is 4.74 Å². The van der Waals surface area contributed by atoms with E-state index in [1.54, 1.807) is 4.90 Å². The van der Waals surface area contributed by atoms with Crippen LogP contribution in [0.4, 0.5) is 0 Å². The fourth-order valence-electron chi connectivity index (χ4n) is 3.53. The van der Waals surface area contributed by atoms with Crippen molar-refractivity contribution in [2.75, 3.05) is 19.7 Å². The van der Waals surface area contributed by atoms with Crippen LogP contribution in [0.15, 0.2) is 12.7 Å². The number of aliphatic carboxylic acids is 1. The number of hydrogen-bond acceptors (Lipinski definition) is 3. The molecule has 5 nitrogen and oxygen atoms in total. The fraction of sp³-hybridized carbons (Fsp3) is 0.778. The van der Waals surface area contributed by atoms with Crippen LogP contribution in [0.3, 0.4) is 0 Å². The van der Waals surface area contributed by atoms with Gasteiger partial charge in [0.2, 0.25) is 5.91 Å². The van der Waals surface area contributed by atoms with Crippen molar-refractivity contribution in [2.45, 2.75) is 57.5 Å². The highest BCUT2D eigenvalue weighted by Gasteiger charge is 2.36. The van der Waals surface area contributed by atoms with Crippen molar-refractivity contribution in [2.24, 2.45) is 11.8 Å². The predicted molar refractivity (Wildman–Crippen MR) is 88.1 cm³/mol. The number of unbranched alkanes of at least 4 members (excludes halogenated alkanes) is 1. The van der Waals surface area contributed by atoms with Crippen LogP contribution in [0, 0.1) is 11.8 Å². The summed E-state index contributed by atoms with van der Waals surface area (Å²) in [6.07, 6.45) is 9.28. The first-order valence-corrected chi connectivity index (χ1v) is 8.85. The summed E-state index contributed by atoms with van der Waals surface area (Å²) in [5.41, 5.74) is 0. The van der Waals surface area contributed by atoms with Gasteiger partial charge in [0.05, 0.1) is 12.0 Å². The van der Waals surface area contributed by atoms with Crippen LogP contribution in [0.25, 0.3) is 0 Å². The second-order valence-corrected chi connectivity index (χ2v) is 6.77. The van der Waals surface area contributed by atoms with E-state index in [-0.39, 0.29) is 24.3 Å². The molecule has 0 aromatic heterocycles. The molecule has 2 rings (SSSR count). The number of carboxylic acids is 1. The van der Waals surface area contributed by atoms with E-state index in [0.717, 1.165) is 38.5 Å². The zero-order valence-electron chi connectivity index (χ0n) is 13.9. The van der Waals surface area contributed by atoms with Gasteiger partial charge in [0.15, 0.2) is 0 Å². The zero-order valence-corrected chi connectivity index (χ0v) is 13.9. The lowest BCUT2D eigenvalue weighted by Crippen LogP contribution is -2.55. The van der Waals surface area contributed by atoms with Crippen LogP contribution in [-0.4, -0.2) is 47.7 Å². The second kappa shape index (κ2) is 9.06. The number of hydrogen-bond donors (Lipinski definition) is 1. The average molecular weight is 323 g/mol. The van der Waals surface area contributed by atoms with Gasteiger partial charge >= 0.3 is 5.97 Å². The third kappa shape index (κ3) is 5.34. The van der Waals surface area contributed by atoms with Gasteiger partial charge in [-0.15, -0.1) is 6.58 Å². The molecular formula is C18H29NO4. The fourth-order valence-corrected chi connectivity index (χ4v) is 3.53. The summed E-state index contributed by atoms with van der Waals surface area (Å²) in [6, 6.07) is 0. The molecule has 0 aromatic rings. The van der Waals surface area contributed by atoms with Gasteiger partial charge in [-0.3, -0.25) is 9.59 Å². The van der Waals surface area contributed by atoms with Crippen LogP contribution in [0.2, 0.25) is 0 Å². The van der Waals surface area contributed by atoms with Gasteiger partial charge in [-0.05, 0) is 31.6 Å². The van der Waals surface area contributed by atoms with E-state index < -0.39 is 11.9 Å². The van der Waals surface area contributed by atoms with Gasteiger partial charge in [0, 0.05) is 26.1 Å². The van der Waals surface area contributed by atoms with Gasteiger partial charge in [0.1, 0.15) is 0 Å². The number of carbonyl (C=O) groups excluding carboxylic acids is 1. The molecule has 1 aliphatic heterocycles. The summed E-state index contributed by atoms with van der Waals surface area (Å²) >= 11 is 0. The molecule has 0 spiro atoms. The standard InChI is InChI=1S/C18H29NO4/c1-2-3-7-10-23-15-12-19(13-15)17(20)11-16(18(21)22)14-8-5-4-6-9-14/h2,14-16H,1,3-13H2,(H,21,22)/t16-/m0/s1. The molecule has 5 heteroatoms. The molecule has 2 aliphatic rings. The maximum absolute atomic E-state index is 12.3. The molecule has 1 atom stereocenters. The third-order valence-electron chi connectivity index (χ3n) is 5.04. The first-order valence-electron chi connectivity index (χ1n) is 8.85. The van der Waals surface area contributed by atoms with E-state index in [2.05, 4.69) is 6.58 Å². The number of carbonyl (C=O) groups is 2. The van der Waals surface area contributed by atoms with Crippen molar-refractivity contribution in [3.63, 3.8) is 0 Å². The molecule has 23 heavy (non-hydrogen) atoms. The van der Waals surface area contributed by atoms with Crippen molar-refractivity contribution in [3.05, 3.63) is 12.7 Å². The second-order valence-electron chi connectivity index (χ2n) is 6.77. The van der Waals surface area contributed by atoms with Gasteiger partial charge in [-0.25, -0.2) is 0 Å². The van der Waals surface area contributed by atoms with E-state index in [9.17, 15) is 14.7 Å². The van der Waals surface area contributed by atoms with Crippen LogP contribution >= 0.6 is 0 Å². The van der Waals surface area contributed by atoms with Gasteiger partial charge in [-0.1, -0.05) is 25.3 Å². The lowest BCUT2D eigenvalue weighted by Gasteiger charge is -2.40. The Kier molecular flexibility index (Phi) is 7.09. The van der Waals surface area contributed by atoms with Crippen molar-refractivity contribution in [1.29, 1.82) is 0 Å². The molecule has 1 aliphatic carbocycles. The summed E-state index contributed by atoms with van der Waals surface area (Å²) in [5, 5.41) is 9.46. The minimum absolute atomic E-state index is 0.0334. The largest absolute Gasteiger partial charge is 0.481 e. The Bertz CT molecular complexity index is 411. The normalized spacial score (nSPS) is 20.8. The molecule has 1 saturated carbocycles. The number of likely N-dealkylation sites (tertiary alicyclic amines) is 1. The molecule has 130 valence electrons. The molecular weight excluding hydrogens is 294 g/mol. The maximum atomic E-state index is 12.3. The first kappa shape index (κ1) is 18.0. The summed E-state index contributed by atoms with van der Waals surface area (Å²) < 4.78 is 5.67. The lowest BCUT2D eigenvalue weighted by atomic mass is 9.78. The van der Waals surface area contributed by atoms with E-state index in [1.165, 1.54) is 6.42 Å². The zero-order chi connectivity index (χ0) is 16.7. The Balaban J connectivity index is 1.71. The topological polar surface area (TPSA) is 66.8 Å². The van der Waals surface area contributed by atoms with Crippen molar-refractivity contribution < 1.29 is 19.4 Å². The predicted octanol–water partition coefficient (Wildman–Crippen LogP) is 2.85. The molecule has 1 N–H and O–H groups in total. The third-order valence-corrected chi connectivity index (χ3v) is 5.04. The molecule has 0 radical (unpaired) electrons. The van der Waals surface area contributed by atoms with E-state index >= 15 is 0 Å². The van der Waals surface area contributed by atoms with Gasteiger partial charge < -0.3 is 14.7 Å². The highest BCUT2D eigenvalue weighted by Crippen LogP contribution is 2.32. The van der Waals surface area contributed by atoms with Crippen LogP contribution < -0.4 is 0 Å². The molecule has 0 bridgehead atoms. The molecule has 0 aromatic carbocycles. The molecule has 2 fully saturated rings. The van der Waals surface area contributed by atoms with Crippen molar-refractivity contribution in [1.82, 2.24) is 4.90 Å².